The van der Waals surface area contributed by atoms with Gasteiger partial charge in [0.25, 0.3) is 0 Å². The van der Waals surface area contributed by atoms with Crippen LogP contribution in [0.4, 0.5) is 18.9 Å². The topological polar surface area (TPSA) is 67.9 Å². The van der Waals surface area contributed by atoms with Gasteiger partial charge in [0.1, 0.15) is 12.1 Å². The largest absolute Gasteiger partial charge is 0.573 e. The molecule has 1 saturated heterocycles. The Morgan fingerprint density at radius 1 is 1.02 bits per heavy atom. The van der Waals surface area contributed by atoms with Gasteiger partial charge in [-0.05, 0) is 53.3 Å². The quantitative estimate of drug-likeness (QED) is 0.167. The van der Waals surface area contributed by atoms with E-state index in [-0.39, 0.29) is 5.75 Å². The molecular formula is C30H29F3N6OS. The van der Waals surface area contributed by atoms with Crippen molar-refractivity contribution >= 4 is 28.8 Å². The molecule has 5 rings (SSSR count). The third kappa shape index (κ3) is 7.15. The van der Waals surface area contributed by atoms with Gasteiger partial charge in [-0.2, -0.15) is 5.10 Å². The molecular weight excluding hydrogens is 549 g/mol. The van der Waals surface area contributed by atoms with E-state index < -0.39 is 6.36 Å². The number of alkyl halides is 3. The van der Waals surface area contributed by atoms with Crippen molar-refractivity contribution in [2.24, 2.45) is 16.1 Å². The fourth-order valence-corrected chi connectivity index (χ4v) is 5.40. The molecule has 1 aliphatic heterocycles. The number of benzene rings is 3. The smallest absolute Gasteiger partial charge is 0.406 e. The number of anilines is 1. The molecule has 3 aromatic carbocycles. The summed E-state index contributed by atoms with van der Waals surface area (Å²) in [6.07, 6.45) is -1.51. The SMILES string of the molecule is CC1CS/C(=N\N=C\c2ccc(-c3ncn(-c4ccc(OC(F)(F)F)cc4)n3)cc2)N(c2ccccc2C(C)C)C1. The average molecular weight is 579 g/mol. The molecule has 0 amide bonds. The number of aromatic nitrogens is 3. The maximum absolute atomic E-state index is 12.4. The summed E-state index contributed by atoms with van der Waals surface area (Å²) in [6.45, 7) is 7.55. The molecule has 4 aromatic rings. The lowest BCUT2D eigenvalue weighted by Crippen LogP contribution is -2.39. The van der Waals surface area contributed by atoms with Gasteiger partial charge in [-0.1, -0.05) is 75.0 Å². The molecule has 1 fully saturated rings. The fraction of sp³-hybridized carbons (Fsp3) is 0.267. The Labute approximate surface area is 240 Å². The molecule has 1 unspecified atom stereocenters. The summed E-state index contributed by atoms with van der Waals surface area (Å²) >= 11 is 1.72. The minimum Gasteiger partial charge on any atom is -0.406 e. The number of para-hydroxylation sites is 1. The van der Waals surface area contributed by atoms with Crippen LogP contribution in [0.3, 0.4) is 0 Å². The molecule has 0 radical (unpaired) electrons. The molecule has 41 heavy (non-hydrogen) atoms. The Morgan fingerprint density at radius 2 is 1.76 bits per heavy atom. The van der Waals surface area contributed by atoms with Gasteiger partial charge in [0.2, 0.25) is 0 Å². The molecule has 1 atom stereocenters. The minimum absolute atomic E-state index is 0.298. The van der Waals surface area contributed by atoms with Gasteiger partial charge in [-0.3, -0.25) is 0 Å². The molecule has 0 aliphatic carbocycles. The molecule has 0 saturated carbocycles. The van der Waals surface area contributed by atoms with Crippen LogP contribution in [-0.2, 0) is 0 Å². The van der Waals surface area contributed by atoms with Gasteiger partial charge in [-0.15, -0.1) is 23.4 Å². The van der Waals surface area contributed by atoms with Crippen LogP contribution < -0.4 is 9.64 Å². The molecule has 0 spiro atoms. The van der Waals surface area contributed by atoms with Crippen molar-refractivity contribution in [1.29, 1.82) is 0 Å². The second-order valence-corrected chi connectivity index (χ2v) is 11.0. The Hall–Kier alpha value is -4.12. The van der Waals surface area contributed by atoms with E-state index in [1.807, 2.05) is 24.3 Å². The zero-order chi connectivity index (χ0) is 29.0. The molecule has 1 aromatic heterocycles. The van der Waals surface area contributed by atoms with Crippen molar-refractivity contribution < 1.29 is 17.9 Å². The molecule has 11 heteroatoms. The van der Waals surface area contributed by atoms with E-state index in [9.17, 15) is 13.2 Å². The van der Waals surface area contributed by atoms with Gasteiger partial charge >= 0.3 is 6.36 Å². The van der Waals surface area contributed by atoms with Gasteiger partial charge in [0.05, 0.1) is 11.9 Å². The number of amidine groups is 1. The molecule has 1 aliphatic rings. The number of nitrogens with zero attached hydrogens (tertiary/aromatic N) is 6. The zero-order valence-electron chi connectivity index (χ0n) is 22.8. The van der Waals surface area contributed by atoms with Crippen LogP contribution in [0, 0.1) is 5.92 Å². The fourth-order valence-electron chi connectivity index (χ4n) is 4.43. The van der Waals surface area contributed by atoms with Gasteiger partial charge in [-0.25, -0.2) is 9.67 Å². The van der Waals surface area contributed by atoms with Crippen LogP contribution in [-0.4, -0.2) is 44.8 Å². The summed E-state index contributed by atoms with van der Waals surface area (Å²) in [5, 5.41) is 14.3. The van der Waals surface area contributed by atoms with E-state index in [1.54, 1.807) is 18.0 Å². The highest BCUT2D eigenvalue weighted by Gasteiger charge is 2.31. The predicted molar refractivity (Wildman–Crippen MR) is 158 cm³/mol. The second kappa shape index (κ2) is 12.2. The summed E-state index contributed by atoms with van der Waals surface area (Å²) < 4.78 is 42.6. The Kier molecular flexibility index (Phi) is 8.44. The molecule has 7 nitrogen and oxygen atoms in total. The van der Waals surface area contributed by atoms with E-state index in [2.05, 4.69) is 75.0 Å². The lowest BCUT2D eigenvalue weighted by Gasteiger charge is -2.34. The highest BCUT2D eigenvalue weighted by atomic mass is 32.2. The van der Waals surface area contributed by atoms with Crippen LogP contribution in [0.5, 0.6) is 5.75 Å². The lowest BCUT2D eigenvalue weighted by atomic mass is 10.00. The first-order valence-corrected chi connectivity index (χ1v) is 14.1. The first kappa shape index (κ1) is 28.4. The highest BCUT2D eigenvalue weighted by molar-refractivity contribution is 8.14. The maximum Gasteiger partial charge on any atom is 0.573 e. The van der Waals surface area contributed by atoms with Gasteiger partial charge in [0, 0.05) is 23.5 Å². The van der Waals surface area contributed by atoms with Crippen molar-refractivity contribution in [2.75, 3.05) is 17.2 Å². The number of halogens is 3. The summed E-state index contributed by atoms with van der Waals surface area (Å²) in [4.78, 5) is 6.61. The van der Waals surface area contributed by atoms with Crippen LogP contribution >= 0.6 is 11.8 Å². The van der Waals surface area contributed by atoms with E-state index in [1.165, 1.54) is 46.5 Å². The van der Waals surface area contributed by atoms with E-state index in [0.717, 1.165) is 28.6 Å². The van der Waals surface area contributed by atoms with Crippen LogP contribution in [0.25, 0.3) is 17.1 Å². The van der Waals surface area contributed by atoms with Crippen molar-refractivity contribution in [3.8, 4) is 22.8 Å². The highest BCUT2D eigenvalue weighted by Crippen LogP contribution is 2.33. The Balaban J connectivity index is 1.28. The number of rotatable bonds is 7. The number of hydrogen-bond acceptors (Lipinski definition) is 6. The monoisotopic (exact) mass is 578 g/mol. The average Bonchev–Trinajstić information content (AvgIpc) is 3.44. The van der Waals surface area contributed by atoms with E-state index in [4.69, 9.17) is 0 Å². The number of ether oxygens (including phenoxy) is 1. The number of thioether (sulfide) groups is 1. The van der Waals surface area contributed by atoms with Gasteiger partial charge < -0.3 is 9.64 Å². The van der Waals surface area contributed by atoms with Crippen molar-refractivity contribution in [2.45, 2.75) is 33.1 Å². The van der Waals surface area contributed by atoms with E-state index >= 15 is 0 Å². The molecule has 212 valence electrons. The molecule has 0 N–H and O–H groups in total. The first-order valence-electron chi connectivity index (χ1n) is 13.1. The minimum atomic E-state index is -4.74. The van der Waals surface area contributed by atoms with Gasteiger partial charge in [0.15, 0.2) is 11.0 Å². The third-order valence-corrected chi connectivity index (χ3v) is 7.71. The summed E-state index contributed by atoms with van der Waals surface area (Å²) in [6, 6.07) is 21.5. The van der Waals surface area contributed by atoms with Crippen molar-refractivity contribution in [1.82, 2.24) is 14.8 Å². The molecule has 2 heterocycles. The normalized spacial score (nSPS) is 17.1. The first-order chi connectivity index (χ1) is 19.7. The van der Waals surface area contributed by atoms with Crippen LogP contribution in [0.1, 0.15) is 37.8 Å². The number of hydrogen-bond donors (Lipinski definition) is 0. The van der Waals surface area contributed by atoms with E-state index in [0.29, 0.717) is 23.3 Å². The summed E-state index contributed by atoms with van der Waals surface area (Å²) in [5.74, 6) is 2.12. The third-order valence-electron chi connectivity index (χ3n) is 6.42. The van der Waals surface area contributed by atoms with Crippen molar-refractivity contribution in [3.05, 3.63) is 90.3 Å². The Morgan fingerprint density at radius 3 is 2.46 bits per heavy atom. The second-order valence-electron chi connectivity index (χ2n) is 10.0. The van der Waals surface area contributed by atoms with Crippen LogP contribution in [0.2, 0.25) is 0 Å². The van der Waals surface area contributed by atoms with Crippen LogP contribution in [0.15, 0.2) is 89.3 Å². The Bertz CT molecular complexity index is 1530. The lowest BCUT2D eigenvalue weighted by molar-refractivity contribution is -0.274. The standard InChI is InChI=1S/C30H29F3N6OS/c1-20(2)26-6-4-5-7-27(26)38-17-21(3)18-41-29(38)36-35-16-22-8-10-23(11-9-22)28-34-19-39(37-28)24-12-14-25(15-13-24)40-30(31,32)33/h4-16,19-21H,17-18H2,1-3H3/b35-16+,36-29-. The summed E-state index contributed by atoms with van der Waals surface area (Å²) in [5.41, 5.74) is 4.69. The zero-order valence-corrected chi connectivity index (χ0v) is 23.6. The summed E-state index contributed by atoms with van der Waals surface area (Å²) in [7, 11) is 0. The molecule has 0 bridgehead atoms. The maximum atomic E-state index is 12.4. The van der Waals surface area contributed by atoms with Crippen molar-refractivity contribution in [3.63, 3.8) is 0 Å². The predicted octanol–water partition coefficient (Wildman–Crippen LogP) is 7.54.